The first-order chi connectivity index (χ1) is 19.9. The van der Waals surface area contributed by atoms with Crippen LogP contribution in [0.2, 0.25) is 0 Å². The average molecular weight is 620 g/mol. The number of rotatable bonds is 6. The molecule has 0 amide bonds. The van der Waals surface area contributed by atoms with Gasteiger partial charge in [-0.15, -0.1) is 0 Å². The molecular formula is C29H21F9O5. The fourth-order valence-corrected chi connectivity index (χ4v) is 4.51. The molecule has 5 nitrogen and oxygen atoms in total. The van der Waals surface area contributed by atoms with Crippen LogP contribution in [0.3, 0.4) is 0 Å². The van der Waals surface area contributed by atoms with E-state index in [1.54, 1.807) is 0 Å². The number of halogens is 9. The van der Waals surface area contributed by atoms with Crippen LogP contribution >= 0.6 is 0 Å². The first-order valence-electron chi connectivity index (χ1n) is 12.3. The molecule has 0 aliphatic carbocycles. The molecule has 2 N–H and O–H groups in total. The molecule has 0 unspecified atom stereocenters. The number of aliphatic hydroxyl groups is 1. The Morgan fingerprint density at radius 2 is 1.09 bits per heavy atom. The van der Waals surface area contributed by atoms with Crippen molar-refractivity contribution in [3.8, 4) is 0 Å². The molecule has 0 aromatic heterocycles. The highest BCUT2D eigenvalue weighted by molar-refractivity contribution is 5.74. The van der Waals surface area contributed by atoms with Crippen molar-refractivity contribution >= 4 is 5.97 Å². The summed E-state index contributed by atoms with van der Waals surface area (Å²) in [4.78, 5) is 12.4. The monoisotopic (exact) mass is 620 g/mol. The largest absolute Gasteiger partial charge is 0.481 e. The molecule has 1 aliphatic rings. The molecule has 0 fully saturated rings. The number of hydrogen-bond donors (Lipinski definition) is 2. The second kappa shape index (κ2) is 11.6. The van der Waals surface area contributed by atoms with Crippen molar-refractivity contribution < 1.29 is 64.0 Å². The summed E-state index contributed by atoms with van der Waals surface area (Å²) in [5, 5.41) is 21.1. The van der Waals surface area contributed by atoms with Gasteiger partial charge in [0.2, 0.25) is 6.29 Å². The van der Waals surface area contributed by atoms with E-state index in [1.807, 2.05) is 0 Å². The van der Waals surface area contributed by atoms with Gasteiger partial charge in [0.05, 0.1) is 22.8 Å². The highest BCUT2D eigenvalue weighted by Crippen LogP contribution is 2.46. The van der Waals surface area contributed by atoms with Crippen LogP contribution in [-0.2, 0) is 32.8 Å². The molecule has 1 aliphatic heterocycles. The molecule has 0 saturated heterocycles. The van der Waals surface area contributed by atoms with Gasteiger partial charge in [0.15, 0.2) is 0 Å². The Morgan fingerprint density at radius 1 is 0.698 bits per heavy atom. The van der Waals surface area contributed by atoms with Gasteiger partial charge in [-0.05, 0) is 60.0 Å². The van der Waals surface area contributed by atoms with Gasteiger partial charge in [0.25, 0.3) is 0 Å². The van der Waals surface area contributed by atoms with Gasteiger partial charge in [-0.1, -0.05) is 36.4 Å². The lowest BCUT2D eigenvalue weighted by molar-refractivity contribution is -0.182. The van der Waals surface area contributed by atoms with Gasteiger partial charge >= 0.3 is 24.5 Å². The minimum atomic E-state index is -4.71. The fraction of sp³-hybridized carbons (Fsp3) is 0.276. The fourth-order valence-electron chi connectivity index (χ4n) is 4.51. The number of carboxylic acid groups (broad SMARTS) is 1. The standard InChI is InChI=1S/C29H21F9O5/c1-14-23(16-4-10-19(11-5-16)28(33,34)35)42-26(17-6-12-20(13-7-17)29(36,37)38)43-24(14)21(25(40)41)22(39)15-2-8-18(9-3-15)27(30,31)32/h2-13,21-23,26,39H,1H3,(H,40,41)/t21-,22+,23-,26+/m0/s1. The van der Waals surface area contributed by atoms with E-state index in [-0.39, 0.29) is 22.3 Å². The van der Waals surface area contributed by atoms with E-state index in [0.29, 0.717) is 24.3 Å². The first kappa shape index (κ1) is 31.9. The molecule has 43 heavy (non-hydrogen) atoms. The smallest absolute Gasteiger partial charge is 0.416 e. The Labute approximate surface area is 237 Å². The Morgan fingerprint density at radius 3 is 1.49 bits per heavy atom. The highest BCUT2D eigenvalue weighted by Gasteiger charge is 2.42. The van der Waals surface area contributed by atoms with Crippen molar-refractivity contribution in [2.45, 2.75) is 44.0 Å². The summed E-state index contributed by atoms with van der Waals surface area (Å²) in [6.45, 7) is 1.32. The summed E-state index contributed by atoms with van der Waals surface area (Å²) in [6.07, 6.45) is -18.9. The molecule has 0 radical (unpaired) electrons. The predicted molar refractivity (Wildman–Crippen MR) is 131 cm³/mol. The Kier molecular flexibility index (Phi) is 8.58. The van der Waals surface area contributed by atoms with Crippen molar-refractivity contribution in [1.82, 2.24) is 0 Å². The average Bonchev–Trinajstić information content (AvgIpc) is 2.92. The van der Waals surface area contributed by atoms with E-state index in [2.05, 4.69) is 0 Å². The molecule has 0 spiro atoms. The summed E-state index contributed by atoms with van der Waals surface area (Å²) in [7, 11) is 0. The van der Waals surface area contributed by atoms with Crippen LogP contribution in [0.1, 0.15) is 58.8 Å². The van der Waals surface area contributed by atoms with E-state index >= 15 is 0 Å². The number of aliphatic carboxylic acids is 1. The third kappa shape index (κ3) is 6.96. The van der Waals surface area contributed by atoms with E-state index in [4.69, 9.17) is 9.47 Å². The lowest BCUT2D eigenvalue weighted by Crippen LogP contribution is -2.32. The van der Waals surface area contributed by atoms with Crippen molar-refractivity contribution in [2.75, 3.05) is 0 Å². The van der Waals surface area contributed by atoms with Crippen molar-refractivity contribution in [3.05, 3.63) is 118 Å². The van der Waals surface area contributed by atoms with E-state index in [1.165, 1.54) is 6.92 Å². The number of ether oxygens (including phenoxy) is 2. The summed E-state index contributed by atoms with van der Waals surface area (Å²) < 4.78 is 129. The maximum absolute atomic E-state index is 13.1. The van der Waals surface area contributed by atoms with Gasteiger partial charge in [0, 0.05) is 5.56 Å². The number of carboxylic acids is 1. The van der Waals surface area contributed by atoms with Gasteiger partial charge in [0.1, 0.15) is 17.8 Å². The minimum Gasteiger partial charge on any atom is -0.481 e. The van der Waals surface area contributed by atoms with Gasteiger partial charge in [-0.2, -0.15) is 39.5 Å². The molecule has 14 heteroatoms. The van der Waals surface area contributed by atoms with E-state index < -0.39 is 71.4 Å². The normalized spacial score (nSPS) is 19.5. The number of hydrogen-bond acceptors (Lipinski definition) is 4. The van der Waals surface area contributed by atoms with Gasteiger partial charge in [-0.25, -0.2) is 0 Å². The molecule has 0 saturated carbocycles. The van der Waals surface area contributed by atoms with Crippen molar-refractivity contribution in [1.29, 1.82) is 0 Å². The third-order valence-corrected chi connectivity index (χ3v) is 6.77. The van der Waals surface area contributed by atoms with E-state index in [0.717, 1.165) is 48.5 Å². The number of aliphatic hydroxyl groups excluding tert-OH is 1. The predicted octanol–water partition coefficient (Wildman–Crippen LogP) is 8.24. The maximum Gasteiger partial charge on any atom is 0.416 e. The van der Waals surface area contributed by atoms with E-state index in [9.17, 15) is 54.5 Å². The first-order valence-corrected chi connectivity index (χ1v) is 12.3. The number of carbonyl (C=O) groups is 1. The van der Waals surface area contributed by atoms with Crippen LogP contribution < -0.4 is 0 Å². The summed E-state index contributed by atoms with van der Waals surface area (Å²) in [6, 6.07) is 10.1. The second-order valence-corrected chi connectivity index (χ2v) is 9.63. The van der Waals surface area contributed by atoms with Crippen molar-refractivity contribution in [2.24, 2.45) is 5.92 Å². The Hall–Kier alpha value is -4.04. The third-order valence-electron chi connectivity index (χ3n) is 6.77. The van der Waals surface area contributed by atoms with Crippen LogP contribution in [0.15, 0.2) is 84.1 Å². The lowest BCUT2D eigenvalue weighted by atomic mass is 9.88. The number of benzene rings is 3. The summed E-state index contributed by atoms with van der Waals surface area (Å²) in [5.74, 6) is -4.09. The molecule has 3 aromatic carbocycles. The van der Waals surface area contributed by atoms with Gasteiger partial charge in [-0.3, -0.25) is 4.79 Å². The lowest BCUT2D eigenvalue weighted by Gasteiger charge is -2.37. The maximum atomic E-state index is 13.1. The zero-order chi connectivity index (χ0) is 31.9. The molecule has 4 atom stereocenters. The molecule has 230 valence electrons. The summed E-state index contributed by atoms with van der Waals surface area (Å²) >= 11 is 0. The van der Waals surface area contributed by atoms with Crippen LogP contribution in [0, 0.1) is 5.92 Å². The van der Waals surface area contributed by atoms with Crippen LogP contribution in [-0.4, -0.2) is 16.2 Å². The number of alkyl halides is 9. The second-order valence-electron chi connectivity index (χ2n) is 9.63. The molecular weight excluding hydrogens is 599 g/mol. The molecule has 4 rings (SSSR count). The quantitative estimate of drug-likeness (QED) is 0.272. The molecule has 1 heterocycles. The topological polar surface area (TPSA) is 76.0 Å². The minimum absolute atomic E-state index is 0.0127. The van der Waals surface area contributed by atoms with Gasteiger partial charge < -0.3 is 19.7 Å². The zero-order valence-electron chi connectivity index (χ0n) is 21.8. The molecule has 0 bridgehead atoms. The van der Waals surface area contributed by atoms with Crippen LogP contribution in [0.5, 0.6) is 0 Å². The van der Waals surface area contributed by atoms with Crippen molar-refractivity contribution in [3.63, 3.8) is 0 Å². The summed E-state index contributed by atoms with van der Waals surface area (Å²) in [5.41, 5.74) is -3.24. The Bertz CT molecular complexity index is 1470. The highest BCUT2D eigenvalue weighted by atomic mass is 19.4. The van der Waals surface area contributed by atoms with Crippen LogP contribution in [0.25, 0.3) is 0 Å². The Balaban J connectivity index is 1.79. The molecule has 3 aromatic rings. The SMILES string of the molecule is CC1=C([C@@H](C(=O)O)[C@H](O)c2ccc(C(F)(F)F)cc2)O[C@H](c2ccc(C(F)(F)F)cc2)O[C@@H]1c1ccc(C(F)(F)F)cc1. The van der Waals surface area contributed by atoms with Crippen LogP contribution in [0.4, 0.5) is 39.5 Å². The zero-order valence-corrected chi connectivity index (χ0v) is 21.8.